The molecule has 1 aromatic carbocycles. The van der Waals surface area contributed by atoms with E-state index in [1.165, 1.54) is 12.1 Å². The number of amides is 1. The fourth-order valence-electron chi connectivity index (χ4n) is 2.63. The Balaban J connectivity index is 1.77. The molecule has 2 heterocycles. The number of benzene rings is 1. The third-order valence-corrected chi connectivity index (χ3v) is 3.83. The zero-order chi connectivity index (χ0) is 15.4. The van der Waals surface area contributed by atoms with E-state index in [1.54, 1.807) is 30.6 Å². The topological polar surface area (TPSA) is 54.0 Å². The van der Waals surface area contributed by atoms with Crippen molar-refractivity contribution in [2.45, 2.75) is 18.9 Å². The summed E-state index contributed by atoms with van der Waals surface area (Å²) < 4.78 is 13.3. The molecule has 1 aliphatic heterocycles. The van der Waals surface area contributed by atoms with Crippen molar-refractivity contribution in [2.24, 2.45) is 0 Å². The molecule has 22 heavy (non-hydrogen) atoms. The molecule has 0 spiro atoms. The standard InChI is InChI=1S/C17H18FN3O/c18-15-3-1-2-12(9-15)13-8-14(11-20-10-13)17(22)21-16-4-6-19-7-5-16/h1-3,8-11,16,19H,4-7H2,(H,21,22). The number of carbonyl (C=O) groups excluding carboxylic acids is 1. The molecular weight excluding hydrogens is 281 g/mol. The van der Waals surface area contributed by atoms with Gasteiger partial charge in [-0.25, -0.2) is 4.39 Å². The van der Waals surface area contributed by atoms with Gasteiger partial charge in [-0.15, -0.1) is 0 Å². The molecule has 1 amide bonds. The fraction of sp³-hybridized carbons (Fsp3) is 0.294. The maximum atomic E-state index is 13.3. The Morgan fingerprint density at radius 1 is 1.18 bits per heavy atom. The lowest BCUT2D eigenvalue weighted by atomic mass is 10.0. The first-order valence-electron chi connectivity index (χ1n) is 7.45. The summed E-state index contributed by atoms with van der Waals surface area (Å²) >= 11 is 0. The van der Waals surface area contributed by atoms with E-state index in [1.807, 2.05) is 0 Å². The van der Waals surface area contributed by atoms with E-state index in [0.29, 0.717) is 11.1 Å². The Kier molecular flexibility index (Phi) is 4.44. The second-order valence-electron chi connectivity index (χ2n) is 5.47. The lowest BCUT2D eigenvalue weighted by Gasteiger charge is -2.23. The number of hydrogen-bond acceptors (Lipinski definition) is 3. The van der Waals surface area contributed by atoms with Gasteiger partial charge in [0.05, 0.1) is 5.56 Å². The van der Waals surface area contributed by atoms with Gasteiger partial charge in [-0.1, -0.05) is 12.1 Å². The number of carbonyl (C=O) groups is 1. The van der Waals surface area contributed by atoms with Crippen molar-refractivity contribution in [2.75, 3.05) is 13.1 Å². The highest BCUT2D eigenvalue weighted by Crippen LogP contribution is 2.20. The molecule has 4 nitrogen and oxygen atoms in total. The van der Waals surface area contributed by atoms with E-state index in [0.717, 1.165) is 31.5 Å². The van der Waals surface area contributed by atoms with Crippen LogP contribution in [0.15, 0.2) is 42.7 Å². The molecule has 2 N–H and O–H groups in total. The summed E-state index contributed by atoms with van der Waals surface area (Å²) in [5.41, 5.74) is 1.95. The predicted molar refractivity (Wildman–Crippen MR) is 83.0 cm³/mol. The van der Waals surface area contributed by atoms with Crippen LogP contribution in [0.25, 0.3) is 11.1 Å². The van der Waals surface area contributed by atoms with E-state index >= 15 is 0 Å². The molecule has 0 atom stereocenters. The van der Waals surface area contributed by atoms with Gasteiger partial charge in [0.15, 0.2) is 0 Å². The van der Waals surface area contributed by atoms with Crippen LogP contribution in [-0.4, -0.2) is 30.0 Å². The van der Waals surface area contributed by atoms with Gasteiger partial charge in [0, 0.05) is 24.0 Å². The van der Waals surface area contributed by atoms with Gasteiger partial charge in [0.1, 0.15) is 5.82 Å². The summed E-state index contributed by atoms with van der Waals surface area (Å²) in [7, 11) is 0. The van der Waals surface area contributed by atoms with Gasteiger partial charge in [-0.05, 0) is 49.7 Å². The number of rotatable bonds is 3. The van der Waals surface area contributed by atoms with Crippen LogP contribution in [0.2, 0.25) is 0 Å². The second-order valence-corrected chi connectivity index (χ2v) is 5.47. The van der Waals surface area contributed by atoms with Crippen molar-refractivity contribution < 1.29 is 9.18 Å². The van der Waals surface area contributed by atoms with Crippen LogP contribution >= 0.6 is 0 Å². The summed E-state index contributed by atoms with van der Waals surface area (Å²) in [6.45, 7) is 1.85. The van der Waals surface area contributed by atoms with Gasteiger partial charge < -0.3 is 10.6 Å². The first-order valence-corrected chi connectivity index (χ1v) is 7.45. The van der Waals surface area contributed by atoms with Crippen LogP contribution < -0.4 is 10.6 Å². The van der Waals surface area contributed by atoms with E-state index in [4.69, 9.17) is 0 Å². The van der Waals surface area contributed by atoms with Gasteiger partial charge >= 0.3 is 0 Å². The maximum absolute atomic E-state index is 13.3. The Labute approximate surface area is 128 Å². The van der Waals surface area contributed by atoms with E-state index in [9.17, 15) is 9.18 Å². The van der Waals surface area contributed by atoms with Crippen molar-refractivity contribution in [3.05, 3.63) is 54.1 Å². The third-order valence-electron chi connectivity index (χ3n) is 3.83. The molecule has 3 rings (SSSR count). The highest BCUT2D eigenvalue weighted by molar-refractivity contribution is 5.95. The first kappa shape index (κ1) is 14.7. The first-order chi connectivity index (χ1) is 10.7. The number of pyridine rings is 1. The molecule has 0 unspecified atom stereocenters. The molecule has 5 heteroatoms. The predicted octanol–water partition coefficient (Wildman–Crippen LogP) is 2.37. The third kappa shape index (κ3) is 3.49. The fourth-order valence-corrected chi connectivity index (χ4v) is 2.63. The van der Waals surface area contributed by atoms with Crippen LogP contribution in [0.1, 0.15) is 23.2 Å². The number of aromatic nitrogens is 1. The minimum absolute atomic E-state index is 0.127. The molecule has 0 aliphatic carbocycles. The molecule has 0 radical (unpaired) electrons. The molecule has 1 fully saturated rings. The SMILES string of the molecule is O=C(NC1CCNCC1)c1cncc(-c2cccc(F)c2)c1. The minimum atomic E-state index is -0.304. The number of nitrogens with one attached hydrogen (secondary N) is 2. The lowest BCUT2D eigenvalue weighted by molar-refractivity contribution is 0.0929. The Morgan fingerprint density at radius 2 is 2.00 bits per heavy atom. The highest BCUT2D eigenvalue weighted by atomic mass is 19.1. The van der Waals surface area contributed by atoms with E-state index < -0.39 is 0 Å². The van der Waals surface area contributed by atoms with Crippen LogP contribution in [-0.2, 0) is 0 Å². The molecule has 0 saturated carbocycles. The average Bonchev–Trinajstić information content (AvgIpc) is 2.56. The van der Waals surface area contributed by atoms with Crippen LogP contribution in [0, 0.1) is 5.82 Å². The van der Waals surface area contributed by atoms with Gasteiger partial charge in [0.2, 0.25) is 0 Å². The molecule has 1 aliphatic rings. The Bertz CT molecular complexity index is 668. The smallest absolute Gasteiger partial charge is 0.253 e. The average molecular weight is 299 g/mol. The summed E-state index contributed by atoms with van der Waals surface area (Å²) in [4.78, 5) is 16.4. The monoisotopic (exact) mass is 299 g/mol. The molecule has 0 bridgehead atoms. The summed E-state index contributed by atoms with van der Waals surface area (Å²) in [6.07, 6.45) is 5.04. The quantitative estimate of drug-likeness (QED) is 0.915. The molecule has 1 aromatic heterocycles. The number of nitrogens with zero attached hydrogens (tertiary/aromatic N) is 1. The number of halogens is 1. The summed E-state index contributed by atoms with van der Waals surface area (Å²) in [5.74, 6) is -0.431. The van der Waals surface area contributed by atoms with Crippen molar-refractivity contribution in [3.8, 4) is 11.1 Å². The van der Waals surface area contributed by atoms with Gasteiger partial charge in [-0.3, -0.25) is 9.78 Å². The zero-order valence-corrected chi connectivity index (χ0v) is 12.2. The largest absolute Gasteiger partial charge is 0.349 e. The van der Waals surface area contributed by atoms with Crippen molar-refractivity contribution in [1.82, 2.24) is 15.6 Å². The molecule has 114 valence electrons. The Morgan fingerprint density at radius 3 is 2.77 bits per heavy atom. The number of piperidine rings is 1. The lowest BCUT2D eigenvalue weighted by Crippen LogP contribution is -2.42. The maximum Gasteiger partial charge on any atom is 0.253 e. The van der Waals surface area contributed by atoms with Crippen molar-refractivity contribution in [3.63, 3.8) is 0 Å². The normalized spacial score (nSPS) is 15.5. The van der Waals surface area contributed by atoms with E-state index in [-0.39, 0.29) is 17.8 Å². The van der Waals surface area contributed by atoms with Crippen molar-refractivity contribution >= 4 is 5.91 Å². The van der Waals surface area contributed by atoms with Crippen LogP contribution in [0.3, 0.4) is 0 Å². The van der Waals surface area contributed by atoms with E-state index in [2.05, 4.69) is 15.6 Å². The zero-order valence-electron chi connectivity index (χ0n) is 12.2. The summed E-state index contributed by atoms with van der Waals surface area (Å²) in [6, 6.07) is 8.22. The molecule has 1 saturated heterocycles. The van der Waals surface area contributed by atoms with Crippen LogP contribution in [0.4, 0.5) is 4.39 Å². The van der Waals surface area contributed by atoms with Crippen molar-refractivity contribution in [1.29, 1.82) is 0 Å². The minimum Gasteiger partial charge on any atom is -0.349 e. The van der Waals surface area contributed by atoms with Gasteiger partial charge in [-0.2, -0.15) is 0 Å². The second kappa shape index (κ2) is 6.66. The highest BCUT2D eigenvalue weighted by Gasteiger charge is 2.16. The summed E-state index contributed by atoms with van der Waals surface area (Å²) in [5, 5.41) is 6.30. The van der Waals surface area contributed by atoms with Crippen LogP contribution in [0.5, 0.6) is 0 Å². The number of hydrogen-bond donors (Lipinski definition) is 2. The Hall–Kier alpha value is -2.27. The van der Waals surface area contributed by atoms with Gasteiger partial charge in [0.25, 0.3) is 5.91 Å². The molecular formula is C17H18FN3O. The molecule has 2 aromatic rings.